The molecule has 1 N–H and O–H groups in total. The Hall–Kier alpha value is -1.25. The van der Waals surface area contributed by atoms with Gasteiger partial charge in [-0.3, -0.25) is 0 Å². The van der Waals surface area contributed by atoms with Crippen LogP contribution in [0.25, 0.3) is 0 Å². The Morgan fingerprint density at radius 3 is 2.29 bits per heavy atom. The van der Waals surface area contributed by atoms with E-state index >= 15 is 0 Å². The number of hydrogen-bond donors (Lipinski definition) is 1. The highest BCUT2D eigenvalue weighted by Crippen LogP contribution is 2.28. The van der Waals surface area contributed by atoms with E-state index in [0.717, 1.165) is 5.56 Å². The second kappa shape index (κ2) is 5.39. The molecule has 0 unspecified atom stereocenters. The zero-order chi connectivity index (χ0) is 12.3. The number of rotatable bonds is 3. The Labute approximate surface area is 107 Å². The number of hydrogen-bond acceptors (Lipinski definition) is 2. The molecule has 0 saturated carbocycles. The second-order valence-electron chi connectivity index (χ2n) is 4.16. The van der Waals surface area contributed by atoms with Gasteiger partial charge in [0, 0.05) is 9.79 Å². The van der Waals surface area contributed by atoms with E-state index in [9.17, 15) is 5.11 Å². The lowest BCUT2D eigenvalue weighted by molar-refractivity contribution is 0.199. The fourth-order valence-electron chi connectivity index (χ4n) is 1.63. The highest BCUT2D eigenvalue weighted by atomic mass is 32.2. The van der Waals surface area contributed by atoms with Gasteiger partial charge in [-0.05, 0) is 43.7 Å². The Kier molecular flexibility index (Phi) is 3.87. The van der Waals surface area contributed by atoms with Crippen LogP contribution in [0, 0.1) is 6.92 Å². The molecular weight excluding hydrogens is 228 g/mol. The van der Waals surface area contributed by atoms with Gasteiger partial charge in [-0.25, -0.2) is 0 Å². The van der Waals surface area contributed by atoms with Gasteiger partial charge in [0.05, 0.1) is 6.10 Å². The van der Waals surface area contributed by atoms with E-state index < -0.39 is 6.10 Å². The van der Waals surface area contributed by atoms with Gasteiger partial charge >= 0.3 is 0 Å². The van der Waals surface area contributed by atoms with Gasteiger partial charge in [-0.1, -0.05) is 41.6 Å². The maximum absolute atomic E-state index is 9.43. The molecule has 2 aromatic rings. The van der Waals surface area contributed by atoms with Gasteiger partial charge in [0.25, 0.3) is 0 Å². The van der Waals surface area contributed by atoms with E-state index in [0.29, 0.717) is 0 Å². The molecule has 1 atom stereocenters. The smallest absolute Gasteiger partial charge is 0.0761 e. The first-order valence-electron chi connectivity index (χ1n) is 5.68. The SMILES string of the molecule is Cc1cccc(Sc2ccc([C@H](C)O)cc2)c1. The van der Waals surface area contributed by atoms with E-state index in [2.05, 4.69) is 43.3 Å². The van der Waals surface area contributed by atoms with Crippen LogP contribution in [0.4, 0.5) is 0 Å². The Bertz CT molecular complexity index is 489. The van der Waals surface area contributed by atoms with Gasteiger partial charge in [0.15, 0.2) is 0 Å². The average Bonchev–Trinajstić information content (AvgIpc) is 2.29. The molecule has 1 nitrogen and oxygen atoms in total. The summed E-state index contributed by atoms with van der Waals surface area (Å²) in [5, 5.41) is 9.43. The molecule has 0 aliphatic rings. The molecule has 0 spiro atoms. The third kappa shape index (κ3) is 3.35. The van der Waals surface area contributed by atoms with Crippen molar-refractivity contribution in [2.24, 2.45) is 0 Å². The number of aliphatic hydroxyl groups is 1. The molecule has 0 aliphatic heterocycles. The Balaban J connectivity index is 2.14. The summed E-state index contributed by atoms with van der Waals surface area (Å²) in [6.45, 7) is 3.88. The van der Waals surface area contributed by atoms with Gasteiger partial charge in [-0.15, -0.1) is 0 Å². The average molecular weight is 244 g/mol. The Morgan fingerprint density at radius 1 is 1.00 bits per heavy atom. The summed E-state index contributed by atoms with van der Waals surface area (Å²) in [5.74, 6) is 0. The van der Waals surface area contributed by atoms with Crippen LogP contribution in [-0.2, 0) is 0 Å². The van der Waals surface area contributed by atoms with Crippen LogP contribution in [0.15, 0.2) is 58.3 Å². The van der Waals surface area contributed by atoms with Crippen molar-refractivity contribution in [3.63, 3.8) is 0 Å². The van der Waals surface area contributed by atoms with Crippen molar-refractivity contribution >= 4 is 11.8 Å². The zero-order valence-electron chi connectivity index (χ0n) is 10.1. The normalized spacial score (nSPS) is 12.4. The molecule has 0 aliphatic carbocycles. The largest absolute Gasteiger partial charge is 0.389 e. The maximum Gasteiger partial charge on any atom is 0.0761 e. The number of aryl methyl sites for hydroxylation is 1. The molecule has 2 heteroatoms. The molecule has 2 aromatic carbocycles. The van der Waals surface area contributed by atoms with Crippen LogP contribution >= 0.6 is 11.8 Å². The van der Waals surface area contributed by atoms with Crippen LogP contribution in [0.2, 0.25) is 0 Å². The topological polar surface area (TPSA) is 20.2 Å². The summed E-state index contributed by atoms with van der Waals surface area (Å²) in [5.41, 5.74) is 2.23. The van der Waals surface area contributed by atoms with Gasteiger partial charge in [0.2, 0.25) is 0 Å². The van der Waals surface area contributed by atoms with Gasteiger partial charge < -0.3 is 5.11 Å². The monoisotopic (exact) mass is 244 g/mol. The highest BCUT2D eigenvalue weighted by Gasteiger charge is 2.01. The van der Waals surface area contributed by atoms with E-state index in [1.165, 1.54) is 15.4 Å². The quantitative estimate of drug-likeness (QED) is 0.873. The van der Waals surface area contributed by atoms with Gasteiger partial charge in [0.1, 0.15) is 0 Å². The summed E-state index contributed by atoms with van der Waals surface area (Å²) in [6, 6.07) is 16.5. The molecule has 2 rings (SSSR count). The van der Waals surface area contributed by atoms with Crippen LogP contribution in [0.3, 0.4) is 0 Å². The molecule has 88 valence electrons. The van der Waals surface area contributed by atoms with Crippen LogP contribution in [0.1, 0.15) is 24.2 Å². The first kappa shape index (κ1) is 12.2. The van der Waals surface area contributed by atoms with Crippen LogP contribution < -0.4 is 0 Å². The molecule has 0 bridgehead atoms. The summed E-state index contributed by atoms with van der Waals surface area (Å²) < 4.78 is 0. The van der Waals surface area contributed by atoms with Crippen LogP contribution in [-0.4, -0.2) is 5.11 Å². The van der Waals surface area contributed by atoms with E-state index in [4.69, 9.17) is 0 Å². The minimum absolute atomic E-state index is 0.395. The van der Waals surface area contributed by atoms with Crippen molar-refractivity contribution in [1.82, 2.24) is 0 Å². The summed E-state index contributed by atoms with van der Waals surface area (Å²) in [6.07, 6.45) is -0.395. The van der Waals surface area contributed by atoms with Crippen molar-refractivity contribution < 1.29 is 5.11 Å². The van der Waals surface area contributed by atoms with Crippen LogP contribution in [0.5, 0.6) is 0 Å². The third-order valence-electron chi connectivity index (χ3n) is 2.59. The minimum Gasteiger partial charge on any atom is -0.389 e. The number of aliphatic hydroxyl groups excluding tert-OH is 1. The van der Waals surface area contributed by atoms with Crippen molar-refractivity contribution in [2.75, 3.05) is 0 Å². The van der Waals surface area contributed by atoms with Crippen molar-refractivity contribution in [2.45, 2.75) is 29.7 Å². The molecule has 0 aromatic heterocycles. The zero-order valence-corrected chi connectivity index (χ0v) is 10.9. The molecule has 0 heterocycles. The van der Waals surface area contributed by atoms with Gasteiger partial charge in [-0.2, -0.15) is 0 Å². The molecule has 17 heavy (non-hydrogen) atoms. The fourth-order valence-corrected chi connectivity index (χ4v) is 2.57. The molecular formula is C15H16OS. The first-order valence-corrected chi connectivity index (χ1v) is 6.49. The lowest BCUT2D eigenvalue weighted by Gasteiger charge is -2.06. The highest BCUT2D eigenvalue weighted by molar-refractivity contribution is 7.99. The standard InChI is InChI=1S/C15H16OS/c1-11-4-3-5-15(10-11)17-14-8-6-13(7-9-14)12(2)16/h3-10,12,16H,1-2H3/t12-/m0/s1. The summed E-state index contributed by atoms with van der Waals surface area (Å²) in [7, 11) is 0. The fraction of sp³-hybridized carbons (Fsp3) is 0.200. The second-order valence-corrected chi connectivity index (χ2v) is 5.31. The lowest BCUT2D eigenvalue weighted by Crippen LogP contribution is -1.89. The third-order valence-corrected chi connectivity index (χ3v) is 3.59. The lowest BCUT2D eigenvalue weighted by atomic mass is 10.1. The molecule has 0 fully saturated rings. The Morgan fingerprint density at radius 2 is 1.71 bits per heavy atom. The minimum atomic E-state index is -0.395. The summed E-state index contributed by atoms with van der Waals surface area (Å²) in [4.78, 5) is 2.44. The van der Waals surface area contributed by atoms with Crippen molar-refractivity contribution in [1.29, 1.82) is 0 Å². The predicted octanol–water partition coefficient (Wildman–Crippen LogP) is 4.20. The van der Waals surface area contributed by atoms with Crippen molar-refractivity contribution in [3.8, 4) is 0 Å². The van der Waals surface area contributed by atoms with E-state index in [-0.39, 0.29) is 0 Å². The first-order chi connectivity index (χ1) is 8.15. The van der Waals surface area contributed by atoms with Crippen molar-refractivity contribution in [3.05, 3.63) is 59.7 Å². The molecule has 0 saturated heterocycles. The maximum atomic E-state index is 9.43. The van der Waals surface area contributed by atoms with E-state index in [1.807, 2.05) is 12.1 Å². The number of benzene rings is 2. The molecule has 0 amide bonds. The van der Waals surface area contributed by atoms with E-state index in [1.54, 1.807) is 18.7 Å². The predicted molar refractivity (Wildman–Crippen MR) is 72.4 cm³/mol. The summed E-state index contributed by atoms with van der Waals surface area (Å²) >= 11 is 1.74. The molecule has 0 radical (unpaired) electrons.